The fourth-order valence-corrected chi connectivity index (χ4v) is 1.69. The molecule has 2 aromatic rings. The highest BCUT2D eigenvalue weighted by atomic mass is 19.4. The van der Waals surface area contributed by atoms with Gasteiger partial charge >= 0.3 is 6.18 Å². The molecule has 1 aromatic carbocycles. The van der Waals surface area contributed by atoms with Crippen LogP contribution in [0.25, 0.3) is 0 Å². The lowest BCUT2D eigenvalue weighted by atomic mass is 10.2. The molecule has 8 heteroatoms. The van der Waals surface area contributed by atoms with Gasteiger partial charge in [0.2, 0.25) is 0 Å². The summed E-state index contributed by atoms with van der Waals surface area (Å²) in [4.78, 5) is 3.76. The molecule has 0 saturated carbocycles. The van der Waals surface area contributed by atoms with E-state index >= 15 is 0 Å². The van der Waals surface area contributed by atoms with Crippen LogP contribution in [0, 0.1) is 5.82 Å². The molecule has 2 rings (SSSR count). The van der Waals surface area contributed by atoms with Gasteiger partial charge in [-0.25, -0.2) is 9.37 Å². The van der Waals surface area contributed by atoms with Crippen molar-refractivity contribution in [2.24, 2.45) is 0 Å². The van der Waals surface area contributed by atoms with Gasteiger partial charge in [0.05, 0.1) is 18.4 Å². The largest absolute Gasteiger partial charge is 0.494 e. The number of rotatable bonds is 3. The highest BCUT2D eigenvalue weighted by Crippen LogP contribution is 2.33. The average Bonchev–Trinajstić information content (AvgIpc) is 2.39. The van der Waals surface area contributed by atoms with Gasteiger partial charge in [0, 0.05) is 6.07 Å². The van der Waals surface area contributed by atoms with Crippen LogP contribution in [0.4, 0.5) is 34.9 Å². The van der Waals surface area contributed by atoms with E-state index in [1.165, 1.54) is 13.2 Å². The fraction of sp³-hybridized carbons (Fsp3) is 0.154. The molecule has 0 aliphatic rings. The zero-order valence-corrected chi connectivity index (χ0v) is 10.8. The number of hydrogen-bond acceptors (Lipinski definition) is 4. The summed E-state index contributed by atoms with van der Waals surface area (Å²) in [6.07, 6.45) is -4.54. The van der Waals surface area contributed by atoms with Crippen molar-refractivity contribution in [2.45, 2.75) is 6.18 Å². The summed E-state index contributed by atoms with van der Waals surface area (Å²) in [6, 6.07) is 5.10. The smallest absolute Gasteiger partial charge is 0.416 e. The minimum atomic E-state index is -4.54. The molecule has 0 atom stereocenters. The van der Waals surface area contributed by atoms with Gasteiger partial charge in [-0.15, -0.1) is 0 Å². The van der Waals surface area contributed by atoms with Crippen LogP contribution in [-0.2, 0) is 6.18 Å². The molecule has 0 bridgehead atoms. The Bertz CT molecular complexity index is 658. The maximum Gasteiger partial charge on any atom is 0.416 e. The zero-order chi connectivity index (χ0) is 15.6. The van der Waals surface area contributed by atoms with Crippen LogP contribution in [0.3, 0.4) is 0 Å². The van der Waals surface area contributed by atoms with Crippen LogP contribution in [0.1, 0.15) is 5.56 Å². The number of ether oxygens (including phenoxy) is 1. The lowest BCUT2D eigenvalue weighted by molar-refractivity contribution is -0.137. The third kappa shape index (κ3) is 3.53. The minimum Gasteiger partial charge on any atom is -0.494 e. The standard InChI is InChI=1S/C13H11F4N3O/c1-21-10-6-8(14)2-3-9(10)19-12-5-7(13(15,16)17)4-11(18)20-12/h2-6H,1H3,(H3,18,19,20). The van der Waals surface area contributed by atoms with E-state index in [9.17, 15) is 17.6 Å². The maximum absolute atomic E-state index is 13.1. The van der Waals surface area contributed by atoms with Crippen molar-refractivity contribution in [3.63, 3.8) is 0 Å². The number of nitrogens with one attached hydrogen (secondary N) is 1. The second kappa shape index (κ2) is 5.47. The first kappa shape index (κ1) is 14.9. The Morgan fingerprint density at radius 1 is 1.19 bits per heavy atom. The Labute approximate surface area is 117 Å². The summed E-state index contributed by atoms with van der Waals surface area (Å²) in [5, 5.41) is 2.62. The number of benzene rings is 1. The fourth-order valence-electron chi connectivity index (χ4n) is 1.69. The van der Waals surface area contributed by atoms with Crippen LogP contribution in [-0.4, -0.2) is 12.1 Å². The average molecular weight is 301 g/mol. The monoisotopic (exact) mass is 301 g/mol. The number of hydrogen-bond donors (Lipinski definition) is 2. The van der Waals surface area contributed by atoms with E-state index in [4.69, 9.17) is 10.5 Å². The van der Waals surface area contributed by atoms with Crippen LogP contribution in [0.15, 0.2) is 30.3 Å². The van der Waals surface area contributed by atoms with E-state index in [1.807, 2.05) is 0 Å². The lowest BCUT2D eigenvalue weighted by Crippen LogP contribution is -2.08. The highest BCUT2D eigenvalue weighted by molar-refractivity contribution is 5.65. The number of anilines is 3. The molecule has 0 aliphatic carbocycles. The Morgan fingerprint density at radius 3 is 2.52 bits per heavy atom. The molecule has 4 nitrogen and oxygen atoms in total. The molecule has 0 spiro atoms. The Kier molecular flexibility index (Phi) is 3.88. The first-order valence-corrected chi connectivity index (χ1v) is 5.75. The third-order valence-electron chi connectivity index (χ3n) is 2.60. The molecular weight excluding hydrogens is 290 g/mol. The number of aromatic nitrogens is 1. The summed E-state index contributed by atoms with van der Waals surface area (Å²) in [7, 11) is 1.31. The molecule has 0 radical (unpaired) electrons. The number of pyridine rings is 1. The van der Waals surface area contributed by atoms with Gasteiger partial charge in [-0.1, -0.05) is 0 Å². The number of methoxy groups -OCH3 is 1. The van der Waals surface area contributed by atoms with E-state index in [0.717, 1.165) is 24.3 Å². The van der Waals surface area contributed by atoms with Crippen molar-refractivity contribution in [1.82, 2.24) is 4.98 Å². The van der Waals surface area contributed by atoms with Crippen molar-refractivity contribution in [3.05, 3.63) is 41.7 Å². The molecule has 1 heterocycles. The van der Waals surface area contributed by atoms with Gasteiger partial charge in [-0.2, -0.15) is 13.2 Å². The molecule has 3 N–H and O–H groups in total. The molecule has 0 amide bonds. The molecule has 0 unspecified atom stereocenters. The van der Waals surface area contributed by atoms with Gasteiger partial charge < -0.3 is 15.8 Å². The summed E-state index contributed by atoms with van der Waals surface area (Å²) in [5.74, 6) is -0.803. The number of alkyl halides is 3. The van der Waals surface area contributed by atoms with E-state index < -0.39 is 17.6 Å². The van der Waals surface area contributed by atoms with Gasteiger partial charge in [0.25, 0.3) is 0 Å². The highest BCUT2D eigenvalue weighted by Gasteiger charge is 2.31. The van der Waals surface area contributed by atoms with Crippen molar-refractivity contribution >= 4 is 17.3 Å². The first-order valence-electron chi connectivity index (χ1n) is 5.75. The SMILES string of the molecule is COc1cc(F)ccc1Nc1cc(C(F)(F)F)cc(N)n1. The second-order valence-electron chi connectivity index (χ2n) is 4.13. The van der Waals surface area contributed by atoms with Crippen LogP contribution >= 0.6 is 0 Å². The number of halogens is 4. The Morgan fingerprint density at radius 2 is 1.90 bits per heavy atom. The Balaban J connectivity index is 2.38. The normalized spacial score (nSPS) is 11.3. The van der Waals surface area contributed by atoms with Gasteiger partial charge in [0.15, 0.2) is 0 Å². The predicted molar refractivity (Wildman–Crippen MR) is 69.9 cm³/mol. The number of nitrogens with two attached hydrogens (primary N) is 1. The first-order chi connectivity index (χ1) is 9.79. The molecule has 0 fully saturated rings. The molecule has 112 valence electrons. The van der Waals surface area contributed by atoms with E-state index in [1.54, 1.807) is 0 Å². The third-order valence-corrected chi connectivity index (χ3v) is 2.60. The number of nitrogen functional groups attached to an aromatic ring is 1. The van der Waals surface area contributed by atoms with Crippen molar-refractivity contribution in [3.8, 4) is 5.75 Å². The molecule has 1 aromatic heterocycles. The topological polar surface area (TPSA) is 60.2 Å². The summed E-state index contributed by atoms with van der Waals surface area (Å²) in [6.45, 7) is 0. The Hall–Kier alpha value is -2.51. The predicted octanol–water partition coefficient (Wildman–Crippen LogP) is 3.57. The lowest BCUT2D eigenvalue weighted by Gasteiger charge is -2.13. The van der Waals surface area contributed by atoms with Gasteiger partial charge in [-0.05, 0) is 24.3 Å². The number of nitrogens with zero attached hydrogens (tertiary/aromatic N) is 1. The van der Waals surface area contributed by atoms with Crippen molar-refractivity contribution in [1.29, 1.82) is 0 Å². The van der Waals surface area contributed by atoms with Crippen LogP contribution in [0.2, 0.25) is 0 Å². The molecule has 21 heavy (non-hydrogen) atoms. The van der Waals surface area contributed by atoms with Crippen LogP contribution < -0.4 is 15.8 Å². The van der Waals surface area contributed by atoms with Crippen molar-refractivity contribution < 1.29 is 22.3 Å². The van der Waals surface area contributed by atoms with Crippen molar-refractivity contribution in [2.75, 3.05) is 18.2 Å². The van der Waals surface area contributed by atoms with Crippen LogP contribution in [0.5, 0.6) is 5.75 Å². The molecule has 0 saturated heterocycles. The minimum absolute atomic E-state index is 0.118. The summed E-state index contributed by atoms with van der Waals surface area (Å²) in [5.41, 5.74) is 4.70. The summed E-state index contributed by atoms with van der Waals surface area (Å²) < 4.78 is 56.1. The van der Waals surface area contributed by atoms with E-state index in [2.05, 4.69) is 10.3 Å². The van der Waals surface area contributed by atoms with Gasteiger partial charge in [0.1, 0.15) is 23.2 Å². The summed E-state index contributed by atoms with van der Waals surface area (Å²) >= 11 is 0. The molecular formula is C13H11F4N3O. The second-order valence-corrected chi connectivity index (χ2v) is 4.13. The van der Waals surface area contributed by atoms with Gasteiger partial charge in [-0.3, -0.25) is 0 Å². The zero-order valence-electron chi connectivity index (χ0n) is 10.8. The van der Waals surface area contributed by atoms with E-state index in [-0.39, 0.29) is 23.1 Å². The van der Waals surface area contributed by atoms with E-state index in [0.29, 0.717) is 0 Å². The quantitative estimate of drug-likeness (QED) is 0.851. The molecule has 0 aliphatic heterocycles. The maximum atomic E-state index is 13.1.